The third kappa shape index (κ3) is 3.13. The quantitative estimate of drug-likeness (QED) is 0.558. The first-order valence-electron chi connectivity index (χ1n) is 7.65. The van der Waals surface area contributed by atoms with Gasteiger partial charge in [-0.25, -0.2) is 9.97 Å². The summed E-state index contributed by atoms with van der Waals surface area (Å²) < 4.78 is 1.53. The van der Waals surface area contributed by atoms with Crippen molar-refractivity contribution in [3.63, 3.8) is 0 Å². The van der Waals surface area contributed by atoms with Crippen LogP contribution in [0.1, 0.15) is 34.8 Å². The second kappa shape index (κ2) is 6.10. The number of carbonyl (C=O) groups is 1. The third-order valence-electron chi connectivity index (χ3n) is 3.95. The molecule has 1 fully saturated rings. The van der Waals surface area contributed by atoms with Crippen molar-refractivity contribution < 1.29 is 9.72 Å². The molecular weight excluding hydrogens is 342 g/mol. The van der Waals surface area contributed by atoms with Gasteiger partial charge in [-0.05, 0) is 25.0 Å². The molecule has 0 aliphatic heterocycles. The summed E-state index contributed by atoms with van der Waals surface area (Å²) in [5.41, 5.74) is 1.40. The molecule has 126 valence electrons. The smallest absolute Gasteiger partial charge is 0.294 e. The van der Waals surface area contributed by atoms with Crippen LogP contribution in [0.3, 0.4) is 0 Å². The molecule has 1 aromatic carbocycles. The summed E-state index contributed by atoms with van der Waals surface area (Å²) in [5.74, 6) is 0.0921. The van der Waals surface area contributed by atoms with Gasteiger partial charge in [-0.3, -0.25) is 20.2 Å². The van der Waals surface area contributed by atoms with Crippen LogP contribution >= 0.6 is 11.3 Å². The Balaban J connectivity index is 1.59. The minimum Gasteiger partial charge on any atom is -0.300 e. The van der Waals surface area contributed by atoms with Crippen molar-refractivity contribution in [2.75, 3.05) is 5.32 Å². The van der Waals surface area contributed by atoms with Crippen molar-refractivity contribution in [3.05, 3.63) is 63.7 Å². The summed E-state index contributed by atoms with van der Waals surface area (Å²) in [6.45, 7) is 0. The van der Waals surface area contributed by atoms with Crippen LogP contribution in [0, 0.1) is 10.1 Å². The molecule has 2 heterocycles. The molecule has 25 heavy (non-hydrogen) atoms. The standard InChI is InChI=1S/C16H13N5O3S/c22-15(19-16-18-12(8-25-16)10-1-2-10)11-3-4-13(14(7-11)21(23)24)20-6-5-17-9-20/h3-10H,1-2H2,(H,18,19,22). The maximum Gasteiger partial charge on any atom is 0.294 e. The number of imidazole rings is 1. The Bertz CT molecular complexity index is 947. The number of benzene rings is 1. The lowest BCUT2D eigenvalue weighted by molar-refractivity contribution is -0.384. The number of aromatic nitrogens is 3. The van der Waals surface area contributed by atoms with Crippen molar-refractivity contribution in [2.45, 2.75) is 18.8 Å². The van der Waals surface area contributed by atoms with Gasteiger partial charge in [0.2, 0.25) is 0 Å². The molecule has 3 aromatic rings. The van der Waals surface area contributed by atoms with Gasteiger partial charge in [0, 0.05) is 35.3 Å². The zero-order chi connectivity index (χ0) is 17.4. The SMILES string of the molecule is O=C(Nc1nc(C2CC2)cs1)c1ccc(-n2ccnc2)c([N+](=O)[O-])c1. The summed E-state index contributed by atoms with van der Waals surface area (Å²) in [4.78, 5) is 31.5. The summed E-state index contributed by atoms with van der Waals surface area (Å²) in [7, 11) is 0. The fourth-order valence-electron chi connectivity index (χ4n) is 2.51. The Labute approximate surface area is 146 Å². The molecule has 1 amide bonds. The van der Waals surface area contributed by atoms with Crippen LogP contribution in [0.25, 0.3) is 5.69 Å². The van der Waals surface area contributed by atoms with Crippen LogP contribution < -0.4 is 5.32 Å². The van der Waals surface area contributed by atoms with Gasteiger partial charge in [-0.2, -0.15) is 0 Å². The Morgan fingerprint density at radius 3 is 2.92 bits per heavy atom. The largest absolute Gasteiger partial charge is 0.300 e. The summed E-state index contributed by atoms with van der Waals surface area (Å²) in [5, 5.41) is 16.5. The number of anilines is 1. The van der Waals surface area contributed by atoms with E-state index in [0.29, 0.717) is 16.7 Å². The van der Waals surface area contributed by atoms with E-state index in [9.17, 15) is 14.9 Å². The summed E-state index contributed by atoms with van der Waals surface area (Å²) >= 11 is 1.36. The average molecular weight is 355 g/mol. The molecule has 4 rings (SSSR count). The number of nitrogens with zero attached hydrogens (tertiary/aromatic N) is 4. The number of thiazole rings is 1. The van der Waals surface area contributed by atoms with Crippen molar-refractivity contribution >= 4 is 28.1 Å². The van der Waals surface area contributed by atoms with Gasteiger partial charge in [-0.1, -0.05) is 0 Å². The Morgan fingerprint density at radius 2 is 2.24 bits per heavy atom. The zero-order valence-corrected chi connectivity index (χ0v) is 13.8. The van der Waals surface area contributed by atoms with Gasteiger partial charge in [0.25, 0.3) is 11.6 Å². The molecule has 9 heteroatoms. The van der Waals surface area contributed by atoms with Crippen LogP contribution in [0.4, 0.5) is 10.8 Å². The monoisotopic (exact) mass is 355 g/mol. The number of amides is 1. The highest BCUT2D eigenvalue weighted by Crippen LogP contribution is 2.40. The molecule has 1 saturated carbocycles. The van der Waals surface area contributed by atoms with Gasteiger partial charge >= 0.3 is 0 Å². The number of carbonyl (C=O) groups excluding carboxylic acids is 1. The lowest BCUT2D eigenvalue weighted by Crippen LogP contribution is -2.12. The molecular formula is C16H13N5O3S. The number of nitrogens with one attached hydrogen (secondary N) is 1. The van der Waals surface area contributed by atoms with Crippen LogP contribution in [-0.2, 0) is 0 Å². The first-order chi connectivity index (χ1) is 12.1. The second-order valence-corrected chi connectivity index (χ2v) is 6.59. The van der Waals surface area contributed by atoms with E-state index in [1.807, 2.05) is 5.38 Å². The van der Waals surface area contributed by atoms with Crippen LogP contribution in [-0.4, -0.2) is 25.4 Å². The minimum atomic E-state index is -0.513. The normalized spacial score (nSPS) is 13.6. The van der Waals surface area contributed by atoms with Crippen molar-refractivity contribution in [1.82, 2.24) is 14.5 Å². The fraction of sp³-hybridized carbons (Fsp3) is 0.188. The van der Waals surface area contributed by atoms with E-state index in [0.717, 1.165) is 18.5 Å². The first-order valence-corrected chi connectivity index (χ1v) is 8.53. The van der Waals surface area contributed by atoms with Gasteiger partial charge in [0.15, 0.2) is 5.13 Å². The number of nitro benzene ring substituents is 1. The summed E-state index contributed by atoms with van der Waals surface area (Å²) in [6, 6.07) is 4.35. The van der Waals surface area contributed by atoms with E-state index < -0.39 is 10.8 Å². The number of nitro groups is 1. The van der Waals surface area contributed by atoms with Crippen LogP contribution in [0.15, 0.2) is 42.3 Å². The highest BCUT2D eigenvalue weighted by Gasteiger charge is 2.26. The van der Waals surface area contributed by atoms with Crippen molar-refractivity contribution in [1.29, 1.82) is 0 Å². The van der Waals surface area contributed by atoms with Gasteiger partial charge < -0.3 is 4.57 Å². The maximum atomic E-state index is 12.4. The number of rotatable bonds is 5. The van der Waals surface area contributed by atoms with Gasteiger partial charge in [0.1, 0.15) is 5.69 Å². The molecule has 0 radical (unpaired) electrons. The topological polar surface area (TPSA) is 103 Å². The maximum absolute atomic E-state index is 12.4. The first kappa shape index (κ1) is 15.5. The van der Waals surface area contributed by atoms with Crippen LogP contribution in [0.5, 0.6) is 0 Å². The predicted molar refractivity (Wildman–Crippen MR) is 92.3 cm³/mol. The molecule has 1 aliphatic rings. The molecule has 0 atom stereocenters. The van der Waals surface area contributed by atoms with Gasteiger partial charge in [0.05, 0.1) is 16.9 Å². The molecule has 0 unspecified atom stereocenters. The van der Waals surface area contributed by atoms with E-state index in [1.54, 1.807) is 12.3 Å². The number of hydrogen-bond acceptors (Lipinski definition) is 6. The van der Waals surface area contributed by atoms with Gasteiger partial charge in [-0.15, -0.1) is 11.3 Å². The molecule has 0 saturated heterocycles. The van der Waals surface area contributed by atoms with E-state index in [1.165, 1.54) is 40.6 Å². The predicted octanol–water partition coefficient (Wildman–Crippen LogP) is 3.37. The van der Waals surface area contributed by atoms with E-state index >= 15 is 0 Å². The van der Waals surface area contributed by atoms with Crippen molar-refractivity contribution in [2.24, 2.45) is 0 Å². The summed E-state index contributed by atoms with van der Waals surface area (Å²) in [6.07, 6.45) is 6.89. The average Bonchev–Trinajstić information content (AvgIpc) is 3.11. The minimum absolute atomic E-state index is 0.163. The highest BCUT2D eigenvalue weighted by molar-refractivity contribution is 7.14. The zero-order valence-electron chi connectivity index (χ0n) is 13.0. The van der Waals surface area contributed by atoms with Crippen LogP contribution in [0.2, 0.25) is 0 Å². The molecule has 8 nitrogen and oxygen atoms in total. The third-order valence-corrected chi connectivity index (χ3v) is 4.73. The lowest BCUT2D eigenvalue weighted by Gasteiger charge is -2.06. The van der Waals surface area contributed by atoms with E-state index in [2.05, 4.69) is 15.3 Å². The Morgan fingerprint density at radius 1 is 1.40 bits per heavy atom. The van der Waals surface area contributed by atoms with Crippen molar-refractivity contribution in [3.8, 4) is 5.69 Å². The highest BCUT2D eigenvalue weighted by atomic mass is 32.1. The second-order valence-electron chi connectivity index (χ2n) is 5.74. The van der Waals surface area contributed by atoms with E-state index in [-0.39, 0.29) is 11.3 Å². The molecule has 2 aromatic heterocycles. The Hall–Kier alpha value is -3.07. The fourth-order valence-corrected chi connectivity index (χ4v) is 3.30. The lowest BCUT2D eigenvalue weighted by atomic mass is 10.1. The number of hydrogen-bond donors (Lipinski definition) is 1. The molecule has 0 bridgehead atoms. The molecule has 1 aliphatic carbocycles. The molecule has 0 spiro atoms. The molecule has 1 N–H and O–H groups in total. The Kier molecular flexibility index (Phi) is 3.77. The van der Waals surface area contributed by atoms with E-state index in [4.69, 9.17) is 0 Å².